The van der Waals surface area contributed by atoms with Crippen LogP contribution in [0.4, 0.5) is 4.79 Å². The average Bonchev–Trinajstić information content (AvgIpc) is 2.94. The molecule has 3 rings (SSSR count). The number of amides is 4. The molecule has 0 radical (unpaired) electrons. The molecule has 1 spiro atoms. The van der Waals surface area contributed by atoms with Gasteiger partial charge in [0.1, 0.15) is 15.8 Å². The summed E-state index contributed by atoms with van der Waals surface area (Å²) in [4.78, 5) is 40.8. The summed E-state index contributed by atoms with van der Waals surface area (Å²) in [5, 5.41) is 4.96. The van der Waals surface area contributed by atoms with Crippen molar-refractivity contribution in [3.8, 4) is 0 Å². The van der Waals surface area contributed by atoms with Crippen LogP contribution in [0.1, 0.15) is 16.8 Å². The van der Waals surface area contributed by atoms with Crippen molar-refractivity contribution < 1.29 is 14.4 Å². The molecule has 1 aromatic heterocycles. The van der Waals surface area contributed by atoms with Crippen molar-refractivity contribution in [1.29, 1.82) is 0 Å². The van der Waals surface area contributed by atoms with Crippen molar-refractivity contribution in [2.75, 3.05) is 13.1 Å². The van der Waals surface area contributed by atoms with Gasteiger partial charge in [-0.05, 0) is 18.6 Å². The van der Waals surface area contributed by atoms with Gasteiger partial charge in [-0.2, -0.15) is 0 Å². The molecule has 1 aromatic rings. The van der Waals surface area contributed by atoms with E-state index in [2.05, 4.69) is 15.6 Å². The SMILES string of the molecule is O=C1NC(=O)C2(CCN(C(=O)c3ccc(Cl)nc3Cl)C2)N1. The van der Waals surface area contributed by atoms with Gasteiger partial charge >= 0.3 is 6.03 Å². The third-order valence-electron chi connectivity index (χ3n) is 3.62. The molecule has 0 saturated carbocycles. The summed E-state index contributed by atoms with van der Waals surface area (Å²) >= 11 is 11.6. The van der Waals surface area contributed by atoms with Crippen LogP contribution in [0.25, 0.3) is 0 Å². The highest BCUT2D eigenvalue weighted by Crippen LogP contribution is 2.27. The van der Waals surface area contributed by atoms with Gasteiger partial charge in [0.25, 0.3) is 11.8 Å². The van der Waals surface area contributed by atoms with E-state index in [1.807, 2.05) is 0 Å². The molecule has 21 heavy (non-hydrogen) atoms. The summed E-state index contributed by atoms with van der Waals surface area (Å²) in [5.41, 5.74) is -0.832. The highest BCUT2D eigenvalue weighted by atomic mass is 35.5. The lowest BCUT2D eigenvalue weighted by molar-refractivity contribution is -0.123. The van der Waals surface area contributed by atoms with E-state index in [9.17, 15) is 14.4 Å². The first-order chi connectivity index (χ1) is 9.91. The molecule has 7 nitrogen and oxygen atoms in total. The van der Waals surface area contributed by atoms with Crippen LogP contribution in [0.5, 0.6) is 0 Å². The van der Waals surface area contributed by atoms with Crippen LogP contribution in [0.15, 0.2) is 12.1 Å². The zero-order valence-corrected chi connectivity index (χ0v) is 12.2. The monoisotopic (exact) mass is 328 g/mol. The van der Waals surface area contributed by atoms with Crippen LogP contribution in [0, 0.1) is 0 Å². The number of nitrogens with one attached hydrogen (secondary N) is 2. The maximum atomic E-state index is 12.4. The van der Waals surface area contributed by atoms with Crippen molar-refractivity contribution >= 4 is 41.0 Å². The van der Waals surface area contributed by atoms with Gasteiger partial charge in [-0.25, -0.2) is 9.78 Å². The predicted molar refractivity (Wildman–Crippen MR) is 74.2 cm³/mol. The van der Waals surface area contributed by atoms with Gasteiger partial charge < -0.3 is 10.2 Å². The molecule has 1 unspecified atom stereocenters. The molecule has 2 saturated heterocycles. The molecule has 0 aliphatic carbocycles. The number of urea groups is 1. The quantitative estimate of drug-likeness (QED) is 0.589. The van der Waals surface area contributed by atoms with Gasteiger partial charge in [0.15, 0.2) is 0 Å². The van der Waals surface area contributed by atoms with E-state index in [4.69, 9.17) is 23.2 Å². The minimum Gasteiger partial charge on any atom is -0.336 e. The molecule has 2 N–H and O–H groups in total. The second kappa shape index (κ2) is 4.85. The number of rotatable bonds is 1. The Morgan fingerprint density at radius 3 is 2.71 bits per heavy atom. The second-order valence-electron chi connectivity index (χ2n) is 4.94. The summed E-state index contributed by atoms with van der Waals surface area (Å²) in [6, 6.07) is 2.41. The standard InChI is InChI=1S/C12H10Cl2N4O3/c13-7-2-1-6(8(14)15-7)9(19)18-4-3-12(5-18)10(20)16-11(21)17-12/h1-2H,3-5H2,(H2,16,17,20,21). The predicted octanol–water partition coefficient (Wildman–Crippen LogP) is 0.812. The Morgan fingerprint density at radius 1 is 1.33 bits per heavy atom. The van der Waals surface area contributed by atoms with E-state index < -0.39 is 17.5 Å². The minimum atomic E-state index is -1.04. The number of pyridine rings is 1. The number of imide groups is 1. The lowest BCUT2D eigenvalue weighted by atomic mass is 9.99. The van der Waals surface area contributed by atoms with E-state index in [1.165, 1.54) is 17.0 Å². The zero-order valence-electron chi connectivity index (χ0n) is 10.7. The Bertz CT molecular complexity index is 666. The fraction of sp³-hybridized carbons (Fsp3) is 0.333. The van der Waals surface area contributed by atoms with Crippen molar-refractivity contribution in [2.45, 2.75) is 12.0 Å². The smallest absolute Gasteiger partial charge is 0.322 e. The number of aromatic nitrogens is 1. The number of carbonyl (C=O) groups excluding carboxylic acids is 3. The third-order valence-corrected chi connectivity index (χ3v) is 4.11. The second-order valence-corrected chi connectivity index (χ2v) is 5.68. The fourth-order valence-electron chi connectivity index (χ4n) is 2.54. The van der Waals surface area contributed by atoms with Crippen LogP contribution in [0.2, 0.25) is 10.3 Å². The number of likely N-dealkylation sites (tertiary alicyclic amines) is 1. The van der Waals surface area contributed by atoms with Crippen LogP contribution >= 0.6 is 23.2 Å². The summed E-state index contributed by atoms with van der Waals surface area (Å²) < 4.78 is 0. The van der Waals surface area contributed by atoms with Gasteiger partial charge in [0.2, 0.25) is 0 Å². The third kappa shape index (κ3) is 2.32. The van der Waals surface area contributed by atoms with E-state index in [0.29, 0.717) is 13.0 Å². The normalized spacial score (nSPS) is 24.4. The van der Waals surface area contributed by atoms with Crippen molar-refractivity contribution in [1.82, 2.24) is 20.5 Å². The number of halogens is 2. The average molecular weight is 329 g/mol. The maximum absolute atomic E-state index is 12.4. The Morgan fingerprint density at radius 2 is 2.10 bits per heavy atom. The molecular weight excluding hydrogens is 319 g/mol. The molecule has 4 amide bonds. The fourth-order valence-corrected chi connectivity index (χ4v) is 2.97. The number of hydrogen-bond acceptors (Lipinski definition) is 4. The van der Waals surface area contributed by atoms with Gasteiger partial charge in [0, 0.05) is 6.54 Å². The highest BCUT2D eigenvalue weighted by molar-refractivity contribution is 6.34. The zero-order chi connectivity index (χ0) is 15.2. The highest BCUT2D eigenvalue weighted by Gasteiger charge is 2.51. The minimum absolute atomic E-state index is 0.00774. The Kier molecular flexibility index (Phi) is 3.26. The summed E-state index contributed by atoms with van der Waals surface area (Å²) in [6.07, 6.45) is 0.356. The van der Waals surface area contributed by atoms with E-state index >= 15 is 0 Å². The van der Waals surface area contributed by atoms with Crippen LogP contribution in [0.3, 0.4) is 0 Å². The van der Waals surface area contributed by atoms with Crippen molar-refractivity contribution in [3.05, 3.63) is 28.0 Å². The van der Waals surface area contributed by atoms with Crippen molar-refractivity contribution in [3.63, 3.8) is 0 Å². The van der Waals surface area contributed by atoms with Crippen LogP contribution in [-0.4, -0.2) is 46.4 Å². The van der Waals surface area contributed by atoms with Crippen LogP contribution < -0.4 is 10.6 Å². The van der Waals surface area contributed by atoms with E-state index in [1.54, 1.807) is 0 Å². The number of carbonyl (C=O) groups is 3. The maximum Gasteiger partial charge on any atom is 0.322 e. The lowest BCUT2D eigenvalue weighted by Gasteiger charge is -2.21. The van der Waals surface area contributed by atoms with Gasteiger partial charge in [-0.3, -0.25) is 14.9 Å². The lowest BCUT2D eigenvalue weighted by Crippen LogP contribution is -2.49. The molecule has 0 bridgehead atoms. The largest absolute Gasteiger partial charge is 0.336 e. The number of nitrogens with zero attached hydrogens (tertiary/aromatic N) is 2. The summed E-state index contributed by atoms with van der Waals surface area (Å²) in [6.45, 7) is 0.438. The first-order valence-corrected chi connectivity index (χ1v) is 6.92. The molecule has 9 heteroatoms. The van der Waals surface area contributed by atoms with Crippen LogP contribution in [-0.2, 0) is 4.79 Å². The molecular formula is C12H10Cl2N4O3. The first-order valence-electron chi connectivity index (χ1n) is 6.16. The van der Waals surface area contributed by atoms with Crippen molar-refractivity contribution in [2.24, 2.45) is 0 Å². The molecule has 1 atom stereocenters. The molecule has 0 aromatic carbocycles. The van der Waals surface area contributed by atoms with E-state index in [-0.39, 0.29) is 28.3 Å². The molecule has 2 fully saturated rings. The Balaban J connectivity index is 1.82. The summed E-state index contributed by atoms with van der Waals surface area (Å²) in [7, 11) is 0. The van der Waals surface area contributed by atoms with Gasteiger partial charge in [0.05, 0.1) is 12.1 Å². The molecule has 2 aliphatic rings. The van der Waals surface area contributed by atoms with Gasteiger partial charge in [-0.1, -0.05) is 23.2 Å². The number of hydrogen-bond donors (Lipinski definition) is 2. The molecule has 3 heterocycles. The molecule has 2 aliphatic heterocycles. The first kappa shape index (κ1) is 14.1. The Hall–Kier alpha value is -1.86. The van der Waals surface area contributed by atoms with E-state index in [0.717, 1.165) is 0 Å². The molecule has 110 valence electrons. The Labute approximate surface area is 129 Å². The summed E-state index contributed by atoms with van der Waals surface area (Å²) in [5.74, 6) is -0.766. The van der Waals surface area contributed by atoms with Gasteiger partial charge in [-0.15, -0.1) is 0 Å². The topological polar surface area (TPSA) is 91.4 Å².